The summed E-state index contributed by atoms with van der Waals surface area (Å²) < 4.78 is 0. The quantitative estimate of drug-likeness (QED) is 0.582. The number of halogens is 1. The summed E-state index contributed by atoms with van der Waals surface area (Å²) in [6.45, 7) is 3.74. The van der Waals surface area contributed by atoms with Crippen molar-refractivity contribution in [3.8, 4) is 0 Å². The Kier molecular flexibility index (Phi) is 3.68. The van der Waals surface area contributed by atoms with Crippen LogP contribution in [-0.2, 0) is 0 Å². The first-order valence-corrected chi connectivity index (χ1v) is 9.14. The van der Waals surface area contributed by atoms with Gasteiger partial charge in [0.2, 0.25) is 0 Å². The molecule has 0 atom stereocenters. The fraction of sp³-hybridized carbons (Fsp3) is 0.200. The van der Waals surface area contributed by atoms with Gasteiger partial charge in [-0.1, -0.05) is 29.8 Å². The molecule has 0 radical (unpaired) electrons. The fourth-order valence-corrected chi connectivity index (χ4v) is 3.82. The average Bonchev–Trinajstić information content (AvgIpc) is 3.08. The molecule has 3 heterocycles. The van der Waals surface area contributed by atoms with Crippen molar-refractivity contribution in [2.75, 3.05) is 36.0 Å². The highest BCUT2D eigenvalue weighted by atomic mass is 35.5. The lowest BCUT2D eigenvalue weighted by Crippen LogP contribution is -2.46. The Morgan fingerprint density at radius 3 is 2.38 bits per heavy atom. The molecule has 4 aromatic rings. The first-order valence-electron chi connectivity index (χ1n) is 8.76. The third kappa shape index (κ3) is 2.56. The van der Waals surface area contributed by atoms with Crippen LogP contribution in [0.5, 0.6) is 0 Å². The van der Waals surface area contributed by atoms with Crippen molar-refractivity contribution in [3.05, 3.63) is 59.9 Å². The molecule has 0 saturated carbocycles. The molecule has 0 amide bonds. The Bertz CT molecular complexity index is 1060. The maximum absolute atomic E-state index is 6.00. The van der Waals surface area contributed by atoms with E-state index in [2.05, 4.69) is 49.0 Å². The van der Waals surface area contributed by atoms with Crippen LogP contribution in [0.3, 0.4) is 0 Å². The summed E-state index contributed by atoms with van der Waals surface area (Å²) >= 11 is 6.00. The van der Waals surface area contributed by atoms with Gasteiger partial charge in [0.05, 0.1) is 0 Å². The van der Waals surface area contributed by atoms with Crippen molar-refractivity contribution in [2.24, 2.45) is 0 Å². The number of fused-ring (bicyclic) bond motifs is 3. The highest BCUT2D eigenvalue weighted by Gasteiger charge is 2.21. The molecule has 2 aromatic carbocycles. The van der Waals surface area contributed by atoms with Gasteiger partial charge in [-0.25, -0.2) is 9.97 Å². The Hall–Kier alpha value is -2.79. The van der Waals surface area contributed by atoms with E-state index in [1.807, 2.05) is 24.3 Å². The summed E-state index contributed by atoms with van der Waals surface area (Å²) in [5, 5.41) is 1.92. The largest absolute Gasteiger partial charge is 0.368 e. The number of nitrogens with zero attached hydrogens (tertiary/aromatic N) is 4. The minimum Gasteiger partial charge on any atom is -0.368 e. The van der Waals surface area contributed by atoms with Gasteiger partial charge in [0, 0.05) is 47.8 Å². The number of aromatic amines is 1. The van der Waals surface area contributed by atoms with Gasteiger partial charge < -0.3 is 14.8 Å². The predicted octanol–water partition coefficient (Wildman–Crippen LogP) is 4.09. The molecule has 0 spiro atoms. The topological polar surface area (TPSA) is 48.1 Å². The van der Waals surface area contributed by atoms with Crippen LogP contribution in [0.1, 0.15) is 0 Å². The molecule has 0 aliphatic carbocycles. The molecule has 0 unspecified atom stereocenters. The monoisotopic (exact) mass is 363 g/mol. The molecular weight excluding hydrogens is 346 g/mol. The van der Waals surface area contributed by atoms with E-state index >= 15 is 0 Å². The van der Waals surface area contributed by atoms with Crippen molar-refractivity contribution in [1.29, 1.82) is 0 Å². The number of para-hydroxylation sites is 1. The molecule has 1 N–H and O–H groups in total. The minimum absolute atomic E-state index is 0.773. The Labute approximate surface area is 156 Å². The van der Waals surface area contributed by atoms with E-state index in [0.29, 0.717) is 0 Å². The van der Waals surface area contributed by atoms with Crippen molar-refractivity contribution in [3.63, 3.8) is 0 Å². The zero-order chi connectivity index (χ0) is 17.5. The molecule has 26 heavy (non-hydrogen) atoms. The van der Waals surface area contributed by atoms with Gasteiger partial charge in [-0.3, -0.25) is 0 Å². The molecule has 1 fully saturated rings. The first-order chi connectivity index (χ1) is 12.8. The van der Waals surface area contributed by atoms with Crippen molar-refractivity contribution >= 4 is 45.0 Å². The number of aromatic nitrogens is 3. The average molecular weight is 364 g/mol. The molecule has 130 valence electrons. The van der Waals surface area contributed by atoms with Gasteiger partial charge in [0.15, 0.2) is 5.82 Å². The maximum atomic E-state index is 6.00. The lowest BCUT2D eigenvalue weighted by atomic mass is 10.2. The van der Waals surface area contributed by atoms with Crippen LogP contribution in [0, 0.1) is 0 Å². The van der Waals surface area contributed by atoms with Crippen LogP contribution < -0.4 is 9.80 Å². The fourth-order valence-electron chi connectivity index (χ4n) is 3.70. The summed E-state index contributed by atoms with van der Waals surface area (Å²) in [6.07, 6.45) is 1.67. The van der Waals surface area contributed by atoms with Gasteiger partial charge in [-0.2, -0.15) is 0 Å². The Morgan fingerprint density at radius 1 is 0.846 bits per heavy atom. The number of hydrogen-bond acceptors (Lipinski definition) is 4. The second-order valence-corrected chi connectivity index (χ2v) is 6.98. The van der Waals surface area contributed by atoms with E-state index in [-0.39, 0.29) is 0 Å². The highest BCUT2D eigenvalue weighted by molar-refractivity contribution is 6.30. The van der Waals surface area contributed by atoms with Crippen LogP contribution in [0.25, 0.3) is 21.9 Å². The predicted molar refractivity (Wildman–Crippen MR) is 107 cm³/mol. The number of benzene rings is 2. The Balaban J connectivity index is 1.44. The van der Waals surface area contributed by atoms with Gasteiger partial charge in [0.25, 0.3) is 0 Å². The Morgan fingerprint density at radius 2 is 1.58 bits per heavy atom. The molecule has 1 aliphatic rings. The summed E-state index contributed by atoms with van der Waals surface area (Å²) in [7, 11) is 0. The lowest BCUT2D eigenvalue weighted by Gasteiger charge is -2.36. The van der Waals surface area contributed by atoms with E-state index < -0.39 is 0 Å². The van der Waals surface area contributed by atoms with E-state index in [1.54, 1.807) is 6.33 Å². The number of anilines is 2. The van der Waals surface area contributed by atoms with Gasteiger partial charge in [-0.15, -0.1) is 0 Å². The van der Waals surface area contributed by atoms with Gasteiger partial charge >= 0.3 is 0 Å². The van der Waals surface area contributed by atoms with Crippen molar-refractivity contribution in [2.45, 2.75) is 0 Å². The molecule has 2 aromatic heterocycles. The van der Waals surface area contributed by atoms with E-state index in [4.69, 9.17) is 11.6 Å². The zero-order valence-electron chi connectivity index (χ0n) is 14.2. The molecule has 5 rings (SSSR count). The summed E-state index contributed by atoms with van der Waals surface area (Å²) in [6, 6.07) is 16.3. The van der Waals surface area contributed by atoms with E-state index in [9.17, 15) is 0 Å². The van der Waals surface area contributed by atoms with Crippen LogP contribution in [0.2, 0.25) is 5.02 Å². The number of nitrogens with one attached hydrogen (secondary N) is 1. The normalized spacial score (nSPS) is 15.1. The number of H-pyrrole nitrogens is 1. The lowest BCUT2D eigenvalue weighted by molar-refractivity contribution is 0.648. The van der Waals surface area contributed by atoms with Crippen molar-refractivity contribution in [1.82, 2.24) is 15.0 Å². The third-order valence-electron chi connectivity index (χ3n) is 5.04. The summed E-state index contributed by atoms with van der Waals surface area (Å²) in [5.41, 5.74) is 4.33. The van der Waals surface area contributed by atoms with Crippen LogP contribution >= 0.6 is 11.6 Å². The number of rotatable bonds is 2. The van der Waals surface area contributed by atoms with E-state index in [1.165, 1.54) is 5.69 Å². The smallest absolute Gasteiger partial charge is 0.156 e. The molecule has 1 saturated heterocycles. The molecule has 1 aliphatic heterocycles. The molecule has 6 heteroatoms. The second-order valence-electron chi connectivity index (χ2n) is 6.54. The minimum atomic E-state index is 0.773. The highest BCUT2D eigenvalue weighted by Crippen LogP contribution is 2.30. The standard InChI is InChI=1S/C20H18ClN5/c21-14-5-7-15(8-6-14)25-9-11-26(12-10-25)20-19-18(22-13-23-20)16-3-1-2-4-17(16)24-19/h1-8,13,24H,9-12H2. The zero-order valence-corrected chi connectivity index (χ0v) is 14.9. The number of hydrogen-bond donors (Lipinski definition) is 1. The molecular formula is C20H18ClN5. The molecule has 5 nitrogen and oxygen atoms in total. The van der Waals surface area contributed by atoms with E-state index in [0.717, 1.165) is 59.0 Å². The third-order valence-corrected chi connectivity index (χ3v) is 5.29. The molecule has 0 bridgehead atoms. The van der Waals surface area contributed by atoms with Gasteiger partial charge in [-0.05, 0) is 30.3 Å². The SMILES string of the molecule is Clc1ccc(N2CCN(c3ncnc4c3[nH]c3ccccc34)CC2)cc1. The van der Waals surface area contributed by atoms with Crippen LogP contribution in [0.4, 0.5) is 11.5 Å². The summed E-state index contributed by atoms with van der Waals surface area (Å²) in [5.74, 6) is 0.988. The summed E-state index contributed by atoms with van der Waals surface area (Å²) in [4.78, 5) is 17.3. The maximum Gasteiger partial charge on any atom is 0.156 e. The van der Waals surface area contributed by atoms with Crippen LogP contribution in [0.15, 0.2) is 54.9 Å². The number of piperazine rings is 1. The second kappa shape index (κ2) is 6.18. The van der Waals surface area contributed by atoms with Gasteiger partial charge in [0.1, 0.15) is 17.4 Å². The first kappa shape index (κ1) is 15.5. The van der Waals surface area contributed by atoms with Crippen molar-refractivity contribution < 1.29 is 0 Å². The van der Waals surface area contributed by atoms with Crippen LogP contribution in [-0.4, -0.2) is 41.1 Å².